The van der Waals surface area contributed by atoms with Crippen LogP contribution in [0.15, 0.2) is 12.7 Å². The Hall–Kier alpha value is -0.870. The van der Waals surface area contributed by atoms with Gasteiger partial charge in [-0.2, -0.15) is 0 Å². The van der Waals surface area contributed by atoms with E-state index in [9.17, 15) is 4.79 Å². The van der Waals surface area contributed by atoms with E-state index in [0.717, 1.165) is 19.3 Å². The van der Waals surface area contributed by atoms with Crippen LogP contribution < -0.4 is 0 Å². The van der Waals surface area contributed by atoms with Gasteiger partial charge in [-0.3, -0.25) is 0 Å². The molecule has 0 bridgehead atoms. The number of carbonyl (C=O) groups is 1. The highest BCUT2D eigenvalue weighted by Gasteiger charge is 2.23. The van der Waals surface area contributed by atoms with E-state index in [0.29, 0.717) is 13.2 Å². The highest BCUT2D eigenvalue weighted by molar-refractivity contribution is 5.81. The van der Waals surface area contributed by atoms with E-state index in [1.807, 2.05) is 13.8 Å². The summed E-state index contributed by atoms with van der Waals surface area (Å²) in [5, 5.41) is 0. The summed E-state index contributed by atoms with van der Waals surface area (Å²) in [5.41, 5.74) is 0. The van der Waals surface area contributed by atoms with Gasteiger partial charge >= 0.3 is 5.97 Å². The molecule has 82 valence electrons. The summed E-state index contributed by atoms with van der Waals surface area (Å²) in [6, 6.07) is 0. The third-order valence-electron chi connectivity index (χ3n) is 1.39. The van der Waals surface area contributed by atoms with E-state index >= 15 is 0 Å². The maximum absolute atomic E-state index is 10.3. The van der Waals surface area contributed by atoms with Crippen molar-refractivity contribution in [3.63, 3.8) is 0 Å². The van der Waals surface area contributed by atoms with Gasteiger partial charge in [-0.25, -0.2) is 4.79 Å². The van der Waals surface area contributed by atoms with E-state index < -0.39 is 0 Å². The molecule has 0 N–H and O–H groups in total. The molecule has 0 spiro atoms. The zero-order valence-electron chi connectivity index (χ0n) is 8.82. The fourth-order valence-electron chi connectivity index (χ4n) is 0.602. The predicted octanol–water partition coefficient (Wildman–Crippen LogP) is 1.16. The normalized spacial score (nSPS) is 17.7. The highest BCUT2D eigenvalue weighted by Crippen LogP contribution is 2.08. The van der Waals surface area contributed by atoms with Crippen molar-refractivity contribution < 1.29 is 19.0 Å². The summed E-state index contributed by atoms with van der Waals surface area (Å²) >= 11 is 0. The number of rotatable bonds is 5. The first-order valence-electron chi connectivity index (χ1n) is 4.73. The Balaban J connectivity index is 0.000000292. The average Bonchev–Trinajstić information content (AvgIpc) is 3.00. The molecular formula is C10H18O4. The topological polar surface area (TPSA) is 48.1 Å². The highest BCUT2D eigenvalue weighted by atomic mass is 16.6. The van der Waals surface area contributed by atoms with Gasteiger partial charge in [-0.05, 0) is 13.8 Å². The fraction of sp³-hybridized carbons (Fsp3) is 0.700. The molecule has 1 fully saturated rings. The van der Waals surface area contributed by atoms with E-state index in [4.69, 9.17) is 9.47 Å². The first-order valence-corrected chi connectivity index (χ1v) is 4.73. The lowest BCUT2D eigenvalue weighted by Crippen LogP contribution is -2.06. The van der Waals surface area contributed by atoms with Gasteiger partial charge in [-0.15, -0.1) is 0 Å². The van der Waals surface area contributed by atoms with Crippen molar-refractivity contribution in [3.05, 3.63) is 12.7 Å². The van der Waals surface area contributed by atoms with Crippen LogP contribution in [0.2, 0.25) is 0 Å². The largest absolute Gasteiger partial charge is 0.460 e. The minimum absolute atomic E-state index is 0.147. The molecule has 1 unspecified atom stereocenters. The van der Waals surface area contributed by atoms with E-state index in [1.165, 1.54) is 0 Å². The summed E-state index contributed by atoms with van der Waals surface area (Å²) in [4.78, 5) is 10.3. The van der Waals surface area contributed by atoms with Gasteiger partial charge < -0.3 is 14.2 Å². The smallest absolute Gasteiger partial charge is 0.330 e. The first kappa shape index (κ1) is 13.1. The van der Waals surface area contributed by atoms with E-state index in [1.54, 1.807) is 0 Å². The maximum atomic E-state index is 10.3. The van der Waals surface area contributed by atoms with Crippen LogP contribution in [0.5, 0.6) is 0 Å². The van der Waals surface area contributed by atoms with Crippen LogP contribution in [0.4, 0.5) is 0 Å². The molecule has 1 heterocycles. The standard InChI is InChI=1S/C6H8O3.C4H10O/c1-2-6(7)9-4-5-3-8-5;1-3-5-4-2/h2,5H,1,3-4H2;3-4H2,1-2H3. The molecule has 0 saturated carbocycles. The Kier molecular flexibility index (Phi) is 8.17. The molecule has 1 rings (SSSR count). The molecule has 0 radical (unpaired) electrons. The second-order valence-electron chi connectivity index (χ2n) is 2.57. The van der Waals surface area contributed by atoms with Crippen molar-refractivity contribution in [1.82, 2.24) is 0 Å². The second-order valence-corrected chi connectivity index (χ2v) is 2.57. The molecular weight excluding hydrogens is 184 g/mol. The first-order chi connectivity index (χ1) is 6.74. The zero-order chi connectivity index (χ0) is 10.8. The zero-order valence-corrected chi connectivity index (χ0v) is 8.82. The number of esters is 1. The number of epoxide rings is 1. The van der Waals surface area contributed by atoms with E-state index in [2.05, 4.69) is 11.3 Å². The van der Waals surface area contributed by atoms with Crippen molar-refractivity contribution in [3.8, 4) is 0 Å². The Morgan fingerprint density at radius 2 is 2.14 bits per heavy atom. The quantitative estimate of drug-likeness (QED) is 0.381. The second kappa shape index (κ2) is 8.72. The van der Waals surface area contributed by atoms with Crippen LogP contribution in [0.25, 0.3) is 0 Å². The van der Waals surface area contributed by atoms with Gasteiger partial charge in [-0.1, -0.05) is 6.58 Å². The lowest BCUT2D eigenvalue weighted by molar-refractivity contribution is -0.138. The van der Waals surface area contributed by atoms with Crippen LogP contribution >= 0.6 is 0 Å². The number of ether oxygens (including phenoxy) is 3. The van der Waals surface area contributed by atoms with Crippen molar-refractivity contribution in [2.75, 3.05) is 26.4 Å². The summed E-state index contributed by atoms with van der Waals surface area (Å²) in [6.45, 7) is 9.99. The molecule has 0 aromatic heterocycles. The van der Waals surface area contributed by atoms with Crippen LogP contribution in [0, 0.1) is 0 Å². The summed E-state index contributed by atoms with van der Waals surface area (Å²) in [6.07, 6.45) is 1.29. The Bertz CT molecular complexity index is 162. The molecule has 0 aromatic carbocycles. The maximum Gasteiger partial charge on any atom is 0.330 e. The number of hydrogen-bond donors (Lipinski definition) is 0. The SMILES string of the molecule is C=CC(=O)OCC1CO1.CCOCC. The van der Waals surface area contributed by atoms with Gasteiger partial charge in [0.1, 0.15) is 12.7 Å². The molecule has 1 aliphatic rings. The van der Waals surface area contributed by atoms with Crippen LogP contribution in [-0.2, 0) is 19.0 Å². The van der Waals surface area contributed by atoms with Crippen molar-refractivity contribution in [2.24, 2.45) is 0 Å². The van der Waals surface area contributed by atoms with Gasteiger partial charge in [0.2, 0.25) is 0 Å². The molecule has 1 aliphatic heterocycles. The monoisotopic (exact) mass is 202 g/mol. The molecule has 0 amide bonds. The molecule has 4 nitrogen and oxygen atoms in total. The van der Waals surface area contributed by atoms with Gasteiger partial charge in [0.25, 0.3) is 0 Å². The molecule has 0 aromatic rings. The van der Waals surface area contributed by atoms with E-state index in [-0.39, 0.29) is 12.1 Å². The van der Waals surface area contributed by atoms with Gasteiger partial charge in [0.15, 0.2) is 0 Å². The predicted molar refractivity (Wildman–Crippen MR) is 53.1 cm³/mol. The van der Waals surface area contributed by atoms with Crippen LogP contribution in [-0.4, -0.2) is 38.5 Å². The average molecular weight is 202 g/mol. The van der Waals surface area contributed by atoms with Gasteiger partial charge in [0.05, 0.1) is 6.61 Å². The lowest BCUT2D eigenvalue weighted by atomic mass is 10.5. The number of carbonyl (C=O) groups excluding carboxylic acids is 1. The molecule has 4 heteroatoms. The Labute approximate surface area is 84.8 Å². The third kappa shape index (κ3) is 9.22. The fourth-order valence-corrected chi connectivity index (χ4v) is 0.602. The molecule has 1 atom stereocenters. The number of hydrogen-bond acceptors (Lipinski definition) is 4. The lowest BCUT2D eigenvalue weighted by Gasteiger charge is -1.94. The minimum Gasteiger partial charge on any atom is -0.460 e. The van der Waals surface area contributed by atoms with Gasteiger partial charge in [0, 0.05) is 19.3 Å². The summed E-state index contributed by atoms with van der Waals surface area (Å²) in [7, 11) is 0. The van der Waals surface area contributed by atoms with Crippen LogP contribution in [0.1, 0.15) is 13.8 Å². The van der Waals surface area contributed by atoms with Crippen molar-refractivity contribution >= 4 is 5.97 Å². The third-order valence-corrected chi connectivity index (χ3v) is 1.39. The van der Waals surface area contributed by atoms with Crippen molar-refractivity contribution in [1.29, 1.82) is 0 Å². The minimum atomic E-state index is -0.384. The summed E-state index contributed by atoms with van der Waals surface area (Å²) < 4.78 is 14.3. The Morgan fingerprint density at radius 3 is 2.43 bits per heavy atom. The summed E-state index contributed by atoms with van der Waals surface area (Å²) in [5.74, 6) is -0.384. The molecule has 14 heavy (non-hydrogen) atoms. The van der Waals surface area contributed by atoms with Crippen LogP contribution in [0.3, 0.4) is 0 Å². The molecule has 1 saturated heterocycles. The van der Waals surface area contributed by atoms with Crippen molar-refractivity contribution in [2.45, 2.75) is 20.0 Å². The Morgan fingerprint density at radius 1 is 1.57 bits per heavy atom. The molecule has 0 aliphatic carbocycles.